The molecule has 1 N–H and O–H groups in total. The third-order valence-corrected chi connectivity index (χ3v) is 5.38. The van der Waals surface area contributed by atoms with Gasteiger partial charge in [-0.3, -0.25) is 14.5 Å². The molecule has 8 nitrogen and oxygen atoms in total. The molecule has 35 heavy (non-hydrogen) atoms. The second kappa shape index (κ2) is 9.93. The third-order valence-electron chi connectivity index (χ3n) is 5.38. The van der Waals surface area contributed by atoms with Crippen molar-refractivity contribution in [2.75, 3.05) is 18.5 Å². The molecule has 172 valence electrons. The maximum atomic E-state index is 12.9. The van der Waals surface area contributed by atoms with E-state index in [1.807, 2.05) is 54.7 Å². The number of carbonyl (C=O) groups excluding carboxylic acids is 1. The van der Waals surface area contributed by atoms with Crippen LogP contribution in [0.2, 0.25) is 0 Å². The van der Waals surface area contributed by atoms with Gasteiger partial charge in [0.2, 0.25) is 0 Å². The van der Waals surface area contributed by atoms with Crippen molar-refractivity contribution in [1.29, 1.82) is 5.26 Å². The summed E-state index contributed by atoms with van der Waals surface area (Å²) in [5, 5.41) is 17.2. The number of aromatic nitrogens is 3. The van der Waals surface area contributed by atoms with Gasteiger partial charge in [0.15, 0.2) is 11.5 Å². The molecule has 1 aliphatic rings. The topological polar surface area (TPSA) is 102 Å². The van der Waals surface area contributed by atoms with Gasteiger partial charge in [0.05, 0.1) is 6.54 Å². The number of hydrogen-bond donors (Lipinski definition) is 1. The minimum Gasteiger partial charge on any atom is -0.486 e. The summed E-state index contributed by atoms with van der Waals surface area (Å²) in [5.41, 5.74) is 3.60. The van der Waals surface area contributed by atoms with E-state index in [1.165, 1.54) is 0 Å². The number of nitrogens with one attached hydrogen (secondary N) is 1. The fraction of sp³-hybridized carbons (Fsp3) is 0.111. The average Bonchev–Trinajstić information content (AvgIpc) is 3.30. The van der Waals surface area contributed by atoms with Crippen LogP contribution < -0.4 is 14.8 Å². The quantitative estimate of drug-likeness (QED) is 0.338. The number of nitriles is 1. The average molecular weight is 463 g/mol. The smallest absolute Gasteiger partial charge is 0.266 e. The van der Waals surface area contributed by atoms with E-state index in [2.05, 4.69) is 10.3 Å². The Labute approximate surface area is 202 Å². The van der Waals surface area contributed by atoms with Crippen LogP contribution in [0.1, 0.15) is 11.1 Å². The van der Waals surface area contributed by atoms with Crippen LogP contribution >= 0.6 is 0 Å². The summed E-state index contributed by atoms with van der Waals surface area (Å²) in [6.07, 6.45) is 6.75. The first kappa shape index (κ1) is 21.9. The highest BCUT2D eigenvalue weighted by Crippen LogP contribution is 2.33. The van der Waals surface area contributed by atoms with Crippen LogP contribution in [0.15, 0.2) is 84.8 Å². The van der Waals surface area contributed by atoms with Gasteiger partial charge in [-0.1, -0.05) is 30.3 Å². The lowest BCUT2D eigenvalue weighted by molar-refractivity contribution is -0.112. The number of amides is 1. The number of rotatable bonds is 6. The van der Waals surface area contributed by atoms with Gasteiger partial charge in [-0.25, -0.2) is 0 Å². The van der Waals surface area contributed by atoms with Crippen molar-refractivity contribution >= 4 is 17.7 Å². The molecule has 3 heterocycles. The second-order valence-corrected chi connectivity index (χ2v) is 7.84. The molecule has 2 aromatic carbocycles. The Morgan fingerprint density at radius 3 is 2.69 bits per heavy atom. The van der Waals surface area contributed by atoms with Gasteiger partial charge in [-0.2, -0.15) is 10.4 Å². The van der Waals surface area contributed by atoms with E-state index >= 15 is 0 Å². The number of pyridine rings is 1. The summed E-state index contributed by atoms with van der Waals surface area (Å²) in [6, 6.07) is 20.8. The normalized spacial score (nSPS) is 12.6. The number of nitrogens with zero attached hydrogens (tertiary/aromatic N) is 4. The summed E-state index contributed by atoms with van der Waals surface area (Å²) in [4.78, 5) is 17.1. The summed E-state index contributed by atoms with van der Waals surface area (Å²) in [7, 11) is 0. The summed E-state index contributed by atoms with van der Waals surface area (Å²) in [6.45, 7) is 1.47. The second-order valence-electron chi connectivity index (χ2n) is 7.84. The Morgan fingerprint density at radius 2 is 1.91 bits per heavy atom. The largest absolute Gasteiger partial charge is 0.486 e. The molecule has 1 amide bonds. The maximum absolute atomic E-state index is 12.9. The molecule has 4 aromatic rings. The first-order valence-electron chi connectivity index (χ1n) is 11.0. The monoisotopic (exact) mass is 463 g/mol. The van der Waals surface area contributed by atoms with Gasteiger partial charge in [0.1, 0.15) is 30.6 Å². The zero-order chi connectivity index (χ0) is 24.0. The Morgan fingerprint density at radius 1 is 1.09 bits per heavy atom. The lowest BCUT2D eigenvalue weighted by Gasteiger charge is -2.18. The molecule has 0 atom stereocenters. The highest BCUT2D eigenvalue weighted by Gasteiger charge is 2.17. The van der Waals surface area contributed by atoms with Gasteiger partial charge >= 0.3 is 0 Å². The summed E-state index contributed by atoms with van der Waals surface area (Å²) < 4.78 is 12.9. The van der Waals surface area contributed by atoms with Gasteiger partial charge in [-0.05, 0) is 35.9 Å². The minimum absolute atomic E-state index is 0.0516. The predicted molar refractivity (Wildman–Crippen MR) is 131 cm³/mol. The van der Waals surface area contributed by atoms with Crippen LogP contribution in [-0.2, 0) is 11.3 Å². The van der Waals surface area contributed by atoms with E-state index in [4.69, 9.17) is 14.6 Å². The number of ether oxygens (including phenoxy) is 2. The minimum atomic E-state index is -0.530. The fourth-order valence-corrected chi connectivity index (χ4v) is 3.74. The predicted octanol–water partition coefficient (Wildman–Crippen LogP) is 4.31. The zero-order valence-electron chi connectivity index (χ0n) is 18.7. The molecular formula is C27H21N5O3. The number of anilines is 1. The van der Waals surface area contributed by atoms with Crippen LogP contribution in [0.4, 0.5) is 5.69 Å². The molecular weight excluding hydrogens is 442 g/mol. The summed E-state index contributed by atoms with van der Waals surface area (Å²) >= 11 is 0. The van der Waals surface area contributed by atoms with Crippen molar-refractivity contribution in [1.82, 2.24) is 14.8 Å². The Kier molecular flexibility index (Phi) is 6.22. The molecule has 2 aromatic heterocycles. The molecule has 1 aliphatic heterocycles. The van der Waals surface area contributed by atoms with E-state index in [0.29, 0.717) is 48.2 Å². The van der Waals surface area contributed by atoms with Gasteiger partial charge in [0, 0.05) is 41.5 Å². The highest BCUT2D eigenvalue weighted by molar-refractivity contribution is 6.10. The maximum Gasteiger partial charge on any atom is 0.266 e. The first-order valence-corrected chi connectivity index (χ1v) is 11.0. The van der Waals surface area contributed by atoms with Crippen molar-refractivity contribution in [2.45, 2.75) is 6.54 Å². The van der Waals surface area contributed by atoms with Crippen LogP contribution in [0.3, 0.4) is 0 Å². The molecule has 0 radical (unpaired) electrons. The van der Waals surface area contributed by atoms with Crippen molar-refractivity contribution in [3.05, 3.63) is 96.0 Å². The standard InChI is InChI=1S/C27H21N5O3/c28-15-21(27(33)30-23-8-9-24-25(14-23)35-12-11-34-24)13-22-18-32(17-19-5-2-1-3-6-19)31-26(22)20-7-4-10-29-16-20/h1-10,13-14,16,18H,11-12,17H2,(H,30,33)/b21-13-. The number of hydrogen-bond acceptors (Lipinski definition) is 6. The van der Waals surface area contributed by atoms with E-state index in [0.717, 1.165) is 11.1 Å². The Balaban J connectivity index is 1.45. The lowest BCUT2D eigenvalue weighted by atomic mass is 10.1. The number of benzene rings is 2. The molecule has 0 unspecified atom stereocenters. The van der Waals surface area contributed by atoms with Crippen molar-refractivity contribution in [3.8, 4) is 28.8 Å². The van der Waals surface area contributed by atoms with Crippen LogP contribution in [-0.4, -0.2) is 33.9 Å². The molecule has 0 spiro atoms. The SMILES string of the molecule is N#C/C(=C/c1cn(Cc2ccccc2)nc1-c1cccnc1)C(=O)Nc1ccc2c(c1)OCCO2. The number of fused-ring (bicyclic) bond motifs is 1. The highest BCUT2D eigenvalue weighted by atomic mass is 16.6. The third kappa shape index (κ3) is 5.04. The van der Waals surface area contributed by atoms with Gasteiger partial charge < -0.3 is 14.8 Å². The van der Waals surface area contributed by atoms with Crippen molar-refractivity contribution in [2.24, 2.45) is 0 Å². The molecule has 0 fully saturated rings. The molecule has 0 saturated heterocycles. The van der Waals surface area contributed by atoms with Crippen LogP contribution in [0.5, 0.6) is 11.5 Å². The van der Waals surface area contributed by atoms with Crippen LogP contribution in [0.25, 0.3) is 17.3 Å². The first-order chi connectivity index (χ1) is 17.2. The fourth-order valence-electron chi connectivity index (χ4n) is 3.74. The Bertz CT molecular complexity index is 1420. The van der Waals surface area contributed by atoms with Crippen molar-refractivity contribution in [3.63, 3.8) is 0 Å². The zero-order valence-corrected chi connectivity index (χ0v) is 18.7. The van der Waals surface area contributed by atoms with Gasteiger partial charge in [0.25, 0.3) is 5.91 Å². The van der Waals surface area contributed by atoms with E-state index in [1.54, 1.807) is 41.4 Å². The van der Waals surface area contributed by atoms with E-state index in [9.17, 15) is 10.1 Å². The molecule has 0 saturated carbocycles. The summed E-state index contributed by atoms with van der Waals surface area (Å²) in [5.74, 6) is 0.645. The molecule has 0 bridgehead atoms. The lowest BCUT2D eigenvalue weighted by Crippen LogP contribution is -2.17. The van der Waals surface area contributed by atoms with E-state index < -0.39 is 5.91 Å². The number of carbonyl (C=O) groups is 1. The Hall–Kier alpha value is -4.90. The van der Waals surface area contributed by atoms with Crippen LogP contribution in [0, 0.1) is 11.3 Å². The van der Waals surface area contributed by atoms with E-state index in [-0.39, 0.29) is 5.57 Å². The molecule has 5 rings (SSSR count). The van der Waals surface area contributed by atoms with Crippen molar-refractivity contribution < 1.29 is 14.3 Å². The molecule has 8 heteroatoms. The molecule has 0 aliphatic carbocycles. The van der Waals surface area contributed by atoms with Gasteiger partial charge in [-0.15, -0.1) is 0 Å².